The molecular weight excluding hydrogens is 224 g/mol. The van der Waals surface area contributed by atoms with Crippen LogP contribution in [0.5, 0.6) is 0 Å². The van der Waals surface area contributed by atoms with Crippen LogP contribution in [-0.4, -0.2) is 49.3 Å². The molecule has 0 spiro atoms. The molecule has 0 bridgehead atoms. The van der Waals surface area contributed by atoms with Gasteiger partial charge in [0.05, 0.1) is 12.7 Å². The molecule has 1 N–H and O–H groups in total. The van der Waals surface area contributed by atoms with Crippen LogP contribution in [0.3, 0.4) is 0 Å². The van der Waals surface area contributed by atoms with Crippen LogP contribution in [0.15, 0.2) is 0 Å². The highest BCUT2D eigenvalue weighted by atomic mass is 16.5. The van der Waals surface area contributed by atoms with E-state index in [0.717, 1.165) is 25.7 Å². The SMILES string of the molecule is CCNC(C)CCCN1CCOC2CCCCC21. The summed E-state index contributed by atoms with van der Waals surface area (Å²) in [5, 5.41) is 3.50. The summed E-state index contributed by atoms with van der Waals surface area (Å²) in [6.07, 6.45) is 8.56. The Bertz CT molecular complexity index is 233. The van der Waals surface area contributed by atoms with E-state index < -0.39 is 0 Å². The van der Waals surface area contributed by atoms with Crippen molar-refractivity contribution in [2.45, 2.75) is 70.6 Å². The molecule has 3 atom stereocenters. The zero-order valence-corrected chi connectivity index (χ0v) is 12.2. The molecule has 1 heterocycles. The van der Waals surface area contributed by atoms with Gasteiger partial charge in [0.25, 0.3) is 0 Å². The summed E-state index contributed by atoms with van der Waals surface area (Å²) in [6.45, 7) is 8.93. The average Bonchev–Trinajstić information content (AvgIpc) is 2.39. The lowest BCUT2D eigenvalue weighted by Gasteiger charge is -2.44. The van der Waals surface area contributed by atoms with Gasteiger partial charge in [0.1, 0.15) is 0 Å². The van der Waals surface area contributed by atoms with E-state index >= 15 is 0 Å². The molecule has 1 saturated heterocycles. The van der Waals surface area contributed by atoms with Gasteiger partial charge in [-0.25, -0.2) is 0 Å². The third-order valence-electron chi connectivity index (χ3n) is 4.48. The third kappa shape index (κ3) is 3.94. The Morgan fingerprint density at radius 1 is 1.33 bits per heavy atom. The number of morpholine rings is 1. The highest BCUT2D eigenvalue weighted by Crippen LogP contribution is 2.28. The predicted octanol–water partition coefficient (Wildman–Crippen LogP) is 2.41. The second-order valence-electron chi connectivity index (χ2n) is 5.90. The van der Waals surface area contributed by atoms with Crippen molar-refractivity contribution in [1.29, 1.82) is 0 Å². The quantitative estimate of drug-likeness (QED) is 0.788. The monoisotopic (exact) mass is 254 g/mol. The molecule has 0 amide bonds. The molecule has 0 aromatic rings. The molecule has 2 rings (SSSR count). The van der Waals surface area contributed by atoms with E-state index in [-0.39, 0.29) is 0 Å². The van der Waals surface area contributed by atoms with Gasteiger partial charge in [-0.05, 0) is 45.7 Å². The van der Waals surface area contributed by atoms with Crippen molar-refractivity contribution in [2.75, 3.05) is 26.2 Å². The molecule has 106 valence electrons. The topological polar surface area (TPSA) is 24.5 Å². The number of hydrogen-bond acceptors (Lipinski definition) is 3. The number of ether oxygens (including phenoxy) is 1. The standard InChI is InChI=1S/C15H30N2O/c1-3-16-13(2)7-6-10-17-11-12-18-15-9-5-4-8-14(15)17/h13-16H,3-12H2,1-2H3. The molecular formula is C15H30N2O. The minimum absolute atomic E-state index is 0.540. The zero-order valence-electron chi connectivity index (χ0n) is 12.2. The molecule has 18 heavy (non-hydrogen) atoms. The predicted molar refractivity (Wildman–Crippen MR) is 75.9 cm³/mol. The first kappa shape index (κ1) is 14.3. The Balaban J connectivity index is 1.70. The summed E-state index contributed by atoms with van der Waals surface area (Å²) in [7, 11) is 0. The normalized spacial score (nSPS) is 31.0. The second-order valence-corrected chi connectivity index (χ2v) is 5.90. The number of nitrogens with one attached hydrogen (secondary N) is 1. The lowest BCUT2D eigenvalue weighted by Crippen LogP contribution is -2.52. The van der Waals surface area contributed by atoms with Crippen LogP contribution in [-0.2, 0) is 4.74 Å². The van der Waals surface area contributed by atoms with Gasteiger partial charge >= 0.3 is 0 Å². The molecule has 0 aromatic heterocycles. The Morgan fingerprint density at radius 2 is 2.17 bits per heavy atom. The van der Waals surface area contributed by atoms with Crippen LogP contribution in [0.25, 0.3) is 0 Å². The van der Waals surface area contributed by atoms with E-state index in [1.807, 2.05) is 0 Å². The summed E-state index contributed by atoms with van der Waals surface area (Å²) in [5.41, 5.74) is 0. The minimum atomic E-state index is 0.540. The number of fused-ring (bicyclic) bond motifs is 1. The minimum Gasteiger partial charge on any atom is -0.375 e. The Kier molecular flexibility index (Phi) is 5.93. The van der Waals surface area contributed by atoms with E-state index in [2.05, 4.69) is 24.1 Å². The number of rotatable bonds is 6. The van der Waals surface area contributed by atoms with Crippen LogP contribution >= 0.6 is 0 Å². The van der Waals surface area contributed by atoms with Crippen molar-refractivity contribution >= 4 is 0 Å². The smallest absolute Gasteiger partial charge is 0.0730 e. The number of hydrogen-bond donors (Lipinski definition) is 1. The molecule has 3 unspecified atom stereocenters. The van der Waals surface area contributed by atoms with Crippen molar-refractivity contribution in [1.82, 2.24) is 10.2 Å². The molecule has 2 aliphatic rings. The zero-order chi connectivity index (χ0) is 12.8. The van der Waals surface area contributed by atoms with Gasteiger partial charge in [-0.1, -0.05) is 19.8 Å². The Hall–Kier alpha value is -0.120. The van der Waals surface area contributed by atoms with Gasteiger partial charge in [0.2, 0.25) is 0 Å². The summed E-state index contributed by atoms with van der Waals surface area (Å²) in [5.74, 6) is 0. The van der Waals surface area contributed by atoms with Crippen LogP contribution < -0.4 is 5.32 Å². The summed E-state index contributed by atoms with van der Waals surface area (Å²) < 4.78 is 5.92. The van der Waals surface area contributed by atoms with Crippen molar-refractivity contribution in [3.8, 4) is 0 Å². The lowest BCUT2D eigenvalue weighted by atomic mass is 9.90. The molecule has 3 nitrogen and oxygen atoms in total. The van der Waals surface area contributed by atoms with Crippen molar-refractivity contribution in [3.63, 3.8) is 0 Å². The van der Waals surface area contributed by atoms with Gasteiger partial charge in [-0.15, -0.1) is 0 Å². The lowest BCUT2D eigenvalue weighted by molar-refractivity contribution is -0.0883. The van der Waals surface area contributed by atoms with Crippen LogP contribution in [0.1, 0.15) is 52.4 Å². The van der Waals surface area contributed by atoms with Crippen LogP contribution in [0, 0.1) is 0 Å². The van der Waals surface area contributed by atoms with Gasteiger partial charge < -0.3 is 10.1 Å². The maximum absolute atomic E-state index is 5.92. The highest BCUT2D eigenvalue weighted by molar-refractivity contribution is 4.87. The maximum Gasteiger partial charge on any atom is 0.0730 e. The molecule has 3 heteroatoms. The van der Waals surface area contributed by atoms with E-state index in [1.54, 1.807) is 0 Å². The van der Waals surface area contributed by atoms with Crippen LogP contribution in [0.2, 0.25) is 0 Å². The third-order valence-corrected chi connectivity index (χ3v) is 4.48. The first-order valence-electron chi connectivity index (χ1n) is 7.90. The van der Waals surface area contributed by atoms with Gasteiger partial charge in [-0.2, -0.15) is 0 Å². The molecule has 1 aliphatic carbocycles. The Labute approximate surface area is 112 Å². The van der Waals surface area contributed by atoms with Gasteiger partial charge in [-0.3, -0.25) is 4.90 Å². The van der Waals surface area contributed by atoms with Gasteiger partial charge in [0, 0.05) is 18.6 Å². The molecule has 0 radical (unpaired) electrons. The summed E-state index contributed by atoms with van der Waals surface area (Å²) in [4.78, 5) is 2.70. The Morgan fingerprint density at radius 3 is 3.00 bits per heavy atom. The number of nitrogens with zero attached hydrogens (tertiary/aromatic N) is 1. The highest BCUT2D eigenvalue weighted by Gasteiger charge is 2.33. The van der Waals surface area contributed by atoms with Crippen molar-refractivity contribution < 1.29 is 4.74 Å². The van der Waals surface area contributed by atoms with Crippen molar-refractivity contribution in [3.05, 3.63) is 0 Å². The fraction of sp³-hybridized carbons (Fsp3) is 1.00. The van der Waals surface area contributed by atoms with E-state index in [0.29, 0.717) is 12.1 Å². The summed E-state index contributed by atoms with van der Waals surface area (Å²) in [6, 6.07) is 1.39. The van der Waals surface area contributed by atoms with E-state index in [9.17, 15) is 0 Å². The van der Waals surface area contributed by atoms with E-state index in [4.69, 9.17) is 4.74 Å². The fourth-order valence-corrected chi connectivity index (χ4v) is 3.51. The maximum atomic E-state index is 5.92. The fourth-order valence-electron chi connectivity index (χ4n) is 3.51. The molecule has 1 saturated carbocycles. The second kappa shape index (κ2) is 7.46. The van der Waals surface area contributed by atoms with Crippen LogP contribution in [0.4, 0.5) is 0 Å². The van der Waals surface area contributed by atoms with E-state index in [1.165, 1.54) is 45.1 Å². The molecule has 0 aromatic carbocycles. The van der Waals surface area contributed by atoms with Crippen molar-refractivity contribution in [2.24, 2.45) is 0 Å². The molecule has 1 aliphatic heterocycles. The van der Waals surface area contributed by atoms with Gasteiger partial charge in [0.15, 0.2) is 0 Å². The largest absolute Gasteiger partial charge is 0.375 e. The molecule has 2 fully saturated rings. The first-order chi connectivity index (χ1) is 8.81. The first-order valence-corrected chi connectivity index (χ1v) is 7.90. The average molecular weight is 254 g/mol. The summed E-state index contributed by atoms with van der Waals surface area (Å²) >= 11 is 0.